The molecule has 0 aliphatic carbocycles. The van der Waals surface area contributed by atoms with Crippen LogP contribution in [0.4, 0.5) is 0 Å². The Kier molecular flexibility index (Phi) is 4.94. The lowest BCUT2D eigenvalue weighted by atomic mass is 10.0. The average Bonchev–Trinajstić information content (AvgIpc) is 2.66. The summed E-state index contributed by atoms with van der Waals surface area (Å²) in [5, 5.41) is 3.15. The number of hydrogen-bond acceptors (Lipinski definition) is 4. The number of hydrogen-bond donors (Lipinski definition) is 0. The van der Waals surface area contributed by atoms with Crippen LogP contribution in [-0.4, -0.2) is 19.9 Å². The van der Waals surface area contributed by atoms with Crippen molar-refractivity contribution in [2.24, 2.45) is 0 Å². The molecule has 4 nitrogen and oxygen atoms in total. The van der Waals surface area contributed by atoms with Crippen LogP contribution in [0.2, 0.25) is 10.0 Å². The van der Waals surface area contributed by atoms with Gasteiger partial charge in [0.15, 0.2) is 5.82 Å². The average molecular weight is 411 g/mol. The van der Waals surface area contributed by atoms with E-state index in [0.717, 1.165) is 38.8 Å². The fraction of sp³-hybridized carbons (Fsp3) is 0.273. The smallest absolute Gasteiger partial charge is 0.161 e. The van der Waals surface area contributed by atoms with E-state index in [1.807, 2.05) is 30.3 Å². The van der Waals surface area contributed by atoms with Crippen molar-refractivity contribution in [1.82, 2.24) is 19.9 Å². The quantitative estimate of drug-likeness (QED) is 0.372. The molecule has 6 heteroatoms. The first-order valence-corrected chi connectivity index (χ1v) is 10.0. The molecule has 142 valence electrons. The highest BCUT2D eigenvalue weighted by Crippen LogP contribution is 2.36. The second-order valence-electron chi connectivity index (χ2n) is 7.49. The Labute approximate surface area is 174 Å². The number of halogens is 2. The summed E-state index contributed by atoms with van der Waals surface area (Å²) in [7, 11) is 0. The Hall–Kier alpha value is -2.30. The van der Waals surface area contributed by atoms with E-state index in [-0.39, 0.29) is 11.8 Å². The molecule has 4 aromatic rings. The third-order valence-electron chi connectivity index (χ3n) is 4.80. The summed E-state index contributed by atoms with van der Waals surface area (Å²) in [4.78, 5) is 18.4. The van der Waals surface area contributed by atoms with Gasteiger partial charge in [0, 0.05) is 21.4 Å². The zero-order chi connectivity index (χ0) is 20.0. The predicted molar refractivity (Wildman–Crippen MR) is 116 cm³/mol. The molecule has 2 heterocycles. The SMILES string of the molecule is CC(C)c1nc(-c2ccc3c(C(C)C)ncnc3c2Cl)nc2cc(Cl)ccc12. The number of nitrogens with zero attached hydrogens (tertiary/aromatic N) is 4. The molecule has 2 aromatic heterocycles. The molecule has 0 amide bonds. The van der Waals surface area contributed by atoms with Crippen LogP contribution in [0, 0.1) is 0 Å². The summed E-state index contributed by atoms with van der Waals surface area (Å²) >= 11 is 13.0. The van der Waals surface area contributed by atoms with Crippen LogP contribution >= 0.6 is 23.2 Å². The Balaban J connectivity index is 2.00. The molecular weight excluding hydrogens is 391 g/mol. The van der Waals surface area contributed by atoms with Gasteiger partial charge in [0.2, 0.25) is 0 Å². The standard InChI is InChI=1S/C22H20Cl2N4/c1-11(2)19-16-8-7-15(18(24)21(16)26-10-25-19)22-27-17-9-13(23)5-6-14(17)20(28-22)12(3)4/h5-12H,1-4H3. The molecule has 0 spiro atoms. The molecule has 0 aliphatic heterocycles. The van der Waals surface area contributed by atoms with Crippen molar-refractivity contribution in [3.63, 3.8) is 0 Å². The molecule has 0 N–H and O–H groups in total. The van der Waals surface area contributed by atoms with Crippen molar-refractivity contribution >= 4 is 45.0 Å². The van der Waals surface area contributed by atoms with Crippen LogP contribution in [-0.2, 0) is 0 Å². The lowest BCUT2D eigenvalue weighted by Gasteiger charge is -2.14. The number of aromatic nitrogens is 4. The first kappa shape index (κ1) is 19.0. The molecule has 0 aliphatic rings. The van der Waals surface area contributed by atoms with Gasteiger partial charge in [0.25, 0.3) is 0 Å². The van der Waals surface area contributed by atoms with E-state index in [9.17, 15) is 0 Å². The van der Waals surface area contributed by atoms with E-state index in [2.05, 4.69) is 37.7 Å². The third-order valence-corrected chi connectivity index (χ3v) is 5.42. The van der Waals surface area contributed by atoms with Gasteiger partial charge in [0.1, 0.15) is 6.33 Å². The van der Waals surface area contributed by atoms with Crippen LogP contribution in [0.15, 0.2) is 36.7 Å². The first-order valence-electron chi connectivity index (χ1n) is 9.27. The molecule has 0 radical (unpaired) electrons. The molecule has 2 aromatic carbocycles. The maximum Gasteiger partial charge on any atom is 0.161 e. The van der Waals surface area contributed by atoms with E-state index >= 15 is 0 Å². The van der Waals surface area contributed by atoms with Gasteiger partial charge in [-0.15, -0.1) is 0 Å². The topological polar surface area (TPSA) is 51.6 Å². The van der Waals surface area contributed by atoms with E-state index in [1.54, 1.807) is 6.33 Å². The second-order valence-corrected chi connectivity index (χ2v) is 8.30. The number of fused-ring (bicyclic) bond motifs is 2. The normalized spacial score (nSPS) is 11.9. The summed E-state index contributed by atoms with van der Waals surface area (Å²) in [6.45, 7) is 8.44. The molecule has 0 unspecified atom stereocenters. The summed E-state index contributed by atoms with van der Waals surface area (Å²) in [6.07, 6.45) is 1.56. The zero-order valence-corrected chi connectivity index (χ0v) is 17.7. The van der Waals surface area contributed by atoms with Crippen LogP contribution in [0.25, 0.3) is 33.2 Å². The lowest BCUT2D eigenvalue weighted by Crippen LogP contribution is -2.01. The van der Waals surface area contributed by atoms with Crippen LogP contribution < -0.4 is 0 Å². The second kappa shape index (κ2) is 7.26. The summed E-state index contributed by atoms with van der Waals surface area (Å²) < 4.78 is 0. The third kappa shape index (κ3) is 3.21. The van der Waals surface area contributed by atoms with Crippen molar-refractivity contribution in [2.45, 2.75) is 39.5 Å². The van der Waals surface area contributed by atoms with Gasteiger partial charge in [-0.25, -0.2) is 19.9 Å². The minimum absolute atomic E-state index is 0.236. The van der Waals surface area contributed by atoms with Gasteiger partial charge >= 0.3 is 0 Å². The maximum absolute atomic E-state index is 6.77. The van der Waals surface area contributed by atoms with Crippen LogP contribution in [0.3, 0.4) is 0 Å². The maximum atomic E-state index is 6.77. The van der Waals surface area contributed by atoms with Crippen LogP contribution in [0.1, 0.15) is 50.9 Å². The van der Waals surface area contributed by atoms with E-state index in [1.165, 1.54) is 0 Å². The predicted octanol–water partition coefficient (Wildman–Crippen LogP) is 6.79. The van der Waals surface area contributed by atoms with Crippen molar-refractivity contribution in [2.75, 3.05) is 0 Å². The van der Waals surface area contributed by atoms with E-state index in [0.29, 0.717) is 15.9 Å². The molecular formula is C22H20Cl2N4. The minimum Gasteiger partial charge on any atom is -0.240 e. The van der Waals surface area contributed by atoms with E-state index in [4.69, 9.17) is 33.2 Å². The summed E-state index contributed by atoms with van der Waals surface area (Å²) in [5.41, 5.74) is 4.24. The minimum atomic E-state index is 0.236. The van der Waals surface area contributed by atoms with Crippen molar-refractivity contribution in [3.8, 4) is 11.4 Å². The Bertz CT molecular complexity index is 1200. The fourth-order valence-corrected chi connectivity index (χ4v) is 3.90. The lowest BCUT2D eigenvalue weighted by molar-refractivity contribution is 0.828. The molecule has 0 saturated heterocycles. The molecule has 0 fully saturated rings. The van der Waals surface area contributed by atoms with Gasteiger partial charge in [-0.2, -0.15) is 0 Å². The Morgan fingerprint density at radius 2 is 1.50 bits per heavy atom. The summed E-state index contributed by atoms with van der Waals surface area (Å²) in [6, 6.07) is 9.66. The molecule has 0 saturated carbocycles. The van der Waals surface area contributed by atoms with Gasteiger partial charge in [-0.1, -0.05) is 57.0 Å². The molecule has 28 heavy (non-hydrogen) atoms. The zero-order valence-electron chi connectivity index (χ0n) is 16.2. The number of rotatable bonds is 3. The molecule has 4 rings (SSSR count). The van der Waals surface area contributed by atoms with Gasteiger partial charge in [0.05, 0.1) is 27.4 Å². The van der Waals surface area contributed by atoms with Crippen molar-refractivity contribution in [3.05, 3.63) is 58.1 Å². The highest BCUT2D eigenvalue weighted by molar-refractivity contribution is 6.37. The molecule has 0 bridgehead atoms. The van der Waals surface area contributed by atoms with E-state index < -0.39 is 0 Å². The Morgan fingerprint density at radius 3 is 2.21 bits per heavy atom. The summed E-state index contributed by atoms with van der Waals surface area (Å²) in [5.74, 6) is 1.09. The van der Waals surface area contributed by atoms with Crippen molar-refractivity contribution < 1.29 is 0 Å². The van der Waals surface area contributed by atoms with Gasteiger partial charge in [-0.3, -0.25) is 0 Å². The van der Waals surface area contributed by atoms with Crippen LogP contribution in [0.5, 0.6) is 0 Å². The monoisotopic (exact) mass is 410 g/mol. The highest BCUT2D eigenvalue weighted by atomic mass is 35.5. The first-order chi connectivity index (χ1) is 13.4. The largest absolute Gasteiger partial charge is 0.240 e. The number of benzene rings is 2. The van der Waals surface area contributed by atoms with Gasteiger partial charge in [-0.05, 0) is 36.1 Å². The van der Waals surface area contributed by atoms with Crippen molar-refractivity contribution in [1.29, 1.82) is 0 Å². The Morgan fingerprint density at radius 1 is 0.786 bits per heavy atom. The van der Waals surface area contributed by atoms with Gasteiger partial charge < -0.3 is 0 Å². The fourth-order valence-electron chi connectivity index (χ4n) is 3.44. The molecule has 0 atom stereocenters. The highest BCUT2D eigenvalue weighted by Gasteiger charge is 2.18.